The van der Waals surface area contributed by atoms with Crippen LogP contribution in [-0.4, -0.2) is 136 Å². The Morgan fingerprint density at radius 1 is 0.479 bits per heavy atom. The quantitative estimate of drug-likeness (QED) is 0.0748. The van der Waals surface area contributed by atoms with Gasteiger partial charge in [-0.3, -0.25) is 4.79 Å². The van der Waals surface area contributed by atoms with Crippen molar-refractivity contribution in [1.82, 2.24) is 0 Å². The second-order valence-electron chi connectivity index (χ2n) is 13.9. The molecule has 0 amide bonds. The van der Waals surface area contributed by atoms with E-state index in [1.54, 1.807) is 64.0 Å². The van der Waals surface area contributed by atoms with E-state index in [0.717, 1.165) is 0 Å². The second-order valence-corrected chi connectivity index (χ2v) is 39.8. The topological polar surface area (TPSA) is 137 Å². The van der Waals surface area contributed by atoms with Crippen molar-refractivity contribution in [2.75, 3.05) is 70.2 Å². The largest absolute Gasteiger partial charge is 0.509 e. The summed E-state index contributed by atoms with van der Waals surface area (Å²) in [6.45, 7) is 16.7. The van der Waals surface area contributed by atoms with Crippen molar-refractivity contribution in [2.45, 2.75) is 95.8 Å². The van der Waals surface area contributed by atoms with E-state index < -0.39 is 60.2 Å². The Morgan fingerprint density at radius 3 is 1.12 bits per heavy atom. The highest BCUT2D eigenvalue weighted by Crippen LogP contribution is 2.35. The number of rotatable bonds is 28. The van der Waals surface area contributed by atoms with Crippen LogP contribution < -0.4 is 0 Å². The molecule has 21 heteroatoms. The van der Waals surface area contributed by atoms with Crippen molar-refractivity contribution in [3.8, 4) is 0 Å². The maximum Gasteiger partial charge on any atom is 0.509 e. The minimum Gasteiger partial charge on any atom is -0.461 e. The summed E-state index contributed by atoms with van der Waals surface area (Å²) in [6, 6.07) is 2.32. The molecular weight excluding hydrogens is 745 g/mol. The third-order valence-corrected chi connectivity index (χ3v) is 35.4. The summed E-state index contributed by atoms with van der Waals surface area (Å²) in [5.74, 6) is 0.0273. The lowest BCUT2D eigenvalue weighted by Gasteiger charge is -2.45. The first-order chi connectivity index (χ1) is 22.1. The minimum atomic E-state index is -3.83. The highest BCUT2D eigenvalue weighted by atomic mass is 28.5. The smallest absolute Gasteiger partial charge is 0.461 e. The predicted molar refractivity (Wildman–Crippen MR) is 201 cm³/mol. The number of carbonyl (C=O) groups is 1. The highest BCUT2D eigenvalue weighted by molar-refractivity contribution is 6.94. The van der Waals surface area contributed by atoms with Gasteiger partial charge in [0.25, 0.3) is 0 Å². The van der Waals surface area contributed by atoms with E-state index in [4.69, 9.17) is 56.9 Å². The SMILES string of the molecule is CO[Si](CC[Si](C)(C)O[Si](COC(=O)CCC(C)C)(O[Si](C)(C)CC[Si](OC)(OC)OC)O[Si](C)(C)C[Si](OC)(OC)OC)(OC)OC. The Kier molecular flexibility index (Phi) is 21.5. The molecule has 0 bridgehead atoms. The highest BCUT2D eigenvalue weighted by Gasteiger charge is 2.57. The molecule has 0 aromatic heterocycles. The molecular formula is C27H68O14Si7. The maximum absolute atomic E-state index is 13.1. The summed E-state index contributed by atoms with van der Waals surface area (Å²) in [5.41, 5.74) is 0.427. The van der Waals surface area contributed by atoms with Gasteiger partial charge in [-0.2, -0.15) is 0 Å². The molecule has 48 heavy (non-hydrogen) atoms. The average molecular weight is 813 g/mol. The van der Waals surface area contributed by atoms with E-state index in [9.17, 15) is 4.79 Å². The Bertz CT molecular complexity index is 854. The fourth-order valence-corrected chi connectivity index (χ4v) is 35.6. The third kappa shape index (κ3) is 16.5. The molecule has 0 saturated carbocycles. The van der Waals surface area contributed by atoms with Gasteiger partial charge in [-0.05, 0) is 63.7 Å². The molecule has 0 radical (unpaired) electrons. The monoisotopic (exact) mass is 812 g/mol. The zero-order chi connectivity index (χ0) is 37.5. The molecule has 0 aliphatic carbocycles. The fraction of sp³-hybridized carbons (Fsp3) is 0.963. The van der Waals surface area contributed by atoms with Gasteiger partial charge in [0, 0.05) is 88.2 Å². The lowest BCUT2D eigenvalue weighted by Crippen LogP contribution is -2.66. The van der Waals surface area contributed by atoms with Crippen molar-refractivity contribution >= 4 is 66.1 Å². The lowest BCUT2D eigenvalue weighted by atomic mass is 10.1. The molecule has 0 aliphatic rings. The predicted octanol–water partition coefficient (Wildman–Crippen LogP) is 5.28. The Morgan fingerprint density at radius 2 is 0.812 bits per heavy atom. The normalized spacial score (nSPS) is 14.2. The first-order valence-electron chi connectivity index (χ1n) is 16.3. The molecule has 0 atom stereocenters. The van der Waals surface area contributed by atoms with Gasteiger partial charge < -0.3 is 56.9 Å². The molecule has 288 valence electrons. The first kappa shape index (κ1) is 48.5. The van der Waals surface area contributed by atoms with Crippen LogP contribution in [0.2, 0.25) is 69.1 Å². The molecule has 0 spiro atoms. The van der Waals surface area contributed by atoms with Crippen LogP contribution in [-0.2, 0) is 61.7 Å². The molecule has 0 aromatic carbocycles. The van der Waals surface area contributed by atoms with Gasteiger partial charge in [0.1, 0.15) is 0 Å². The van der Waals surface area contributed by atoms with E-state index in [-0.39, 0.29) is 18.6 Å². The molecule has 0 unspecified atom stereocenters. The lowest BCUT2D eigenvalue weighted by molar-refractivity contribution is -0.143. The van der Waals surface area contributed by atoms with E-state index in [2.05, 4.69) is 53.1 Å². The molecule has 0 saturated heterocycles. The van der Waals surface area contributed by atoms with Gasteiger partial charge in [-0.25, -0.2) is 0 Å². The van der Waals surface area contributed by atoms with Gasteiger partial charge >= 0.3 is 41.2 Å². The van der Waals surface area contributed by atoms with Crippen LogP contribution in [0.3, 0.4) is 0 Å². The number of ether oxygens (including phenoxy) is 1. The van der Waals surface area contributed by atoms with E-state index >= 15 is 0 Å². The summed E-state index contributed by atoms with van der Waals surface area (Å²) in [6.07, 6.45) is 0.859. The van der Waals surface area contributed by atoms with Gasteiger partial charge in [0.2, 0.25) is 0 Å². The van der Waals surface area contributed by atoms with Crippen LogP contribution in [0.25, 0.3) is 0 Å². The summed E-state index contributed by atoms with van der Waals surface area (Å²) < 4.78 is 79.4. The van der Waals surface area contributed by atoms with Gasteiger partial charge in [0.15, 0.2) is 31.2 Å². The van der Waals surface area contributed by atoms with Crippen LogP contribution >= 0.6 is 0 Å². The van der Waals surface area contributed by atoms with E-state index in [1.807, 2.05) is 0 Å². The Labute approximate surface area is 298 Å². The van der Waals surface area contributed by atoms with Crippen molar-refractivity contribution in [2.24, 2.45) is 5.92 Å². The zero-order valence-corrected chi connectivity index (χ0v) is 39.9. The van der Waals surface area contributed by atoms with Crippen molar-refractivity contribution in [3.63, 3.8) is 0 Å². The summed E-state index contributed by atoms with van der Waals surface area (Å²) in [7, 11) is -6.49. The number of hydrogen-bond donors (Lipinski definition) is 0. The van der Waals surface area contributed by atoms with Gasteiger partial charge in [0.05, 0.1) is 0 Å². The summed E-state index contributed by atoms with van der Waals surface area (Å²) in [5, 5.41) is 0. The second kappa shape index (κ2) is 21.3. The molecule has 14 nitrogen and oxygen atoms in total. The number of hydrogen-bond acceptors (Lipinski definition) is 14. The standard InChI is InChI=1S/C27H68O14Si7/c1-26(2)18-19-27(28)38-24-47(41-44(16,17)25-48(35-9,36-10)37-11,39-42(12,13)20-22-45(29-3,30-4)31-5)40-43(14,15)21-23-46(32-6,33-7)34-8/h26H,18-25H2,1-17H3. The van der Waals surface area contributed by atoms with Crippen molar-refractivity contribution in [3.05, 3.63) is 0 Å². The zero-order valence-electron chi connectivity index (χ0n) is 32.9. The van der Waals surface area contributed by atoms with Crippen LogP contribution in [0.5, 0.6) is 0 Å². The summed E-state index contributed by atoms with van der Waals surface area (Å²) in [4.78, 5) is 13.1. The minimum absolute atomic E-state index is 0.127. The summed E-state index contributed by atoms with van der Waals surface area (Å²) >= 11 is 0. The molecule has 0 rings (SSSR count). The first-order valence-corrected chi connectivity index (χ1v) is 33.4. The fourth-order valence-electron chi connectivity index (χ4n) is 5.21. The molecule has 0 N–H and O–H groups in total. The van der Waals surface area contributed by atoms with Crippen LogP contribution in [0.1, 0.15) is 26.7 Å². The van der Waals surface area contributed by atoms with E-state index in [1.165, 1.54) is 0 Å². The van der Waals surface area contributed by atoms with Crippen molar-refractivity contribution in [1.29, 1.82) is 0 Å². The van der Waals surface area contributed by atoms with Crippen LogP contribution in [0.4, 0.5) is 0 Å². The van der Waals surface area contributed by atoms with Crippen LogP contribution in [0.15, 0.2) is 0 Å². The molecule has 0 fully saturated rings. The Hall–Kier alpha value is 0.508. The number of esters is 1. The molecule has 0 aromatic rings. The number of carbonyl (C=O) groups excluding carboxylic acids is 1. The van der Waals surface area contributed by atoms with Gasteiger partial charge in [-0.1, -0.05) is 13.8 Å². The molecule has 0 heterocycles. The Balaban J connectivity index is 7.04. The van der Waals surface area contributed by atoms with E-state index in [0.29, 0.717) is 42.2 Å². The molecule has 0 aliphatic heterocycles. The van der Waals surface area contributed by atoms with Crippen LogP contribution in [0, 0.1) is 5.92 Å². The third-order valence-electron chi connectivity index (χ3n) is 8.14. The maximum atomic E-state index is 13.1. The van der Waals surface area contributed by atoms with Crippen molar-refractivity contribution < 1.29 is 61.7 Å². The van der Waals surface area contributed by atoms with Gasteiger partial charge in [-0.15, -0.1) is 0 Å². The average Bonchev–Trinajstić information content (AvgIpc) is 3.03.